The highest BCUT2D eigenvalue weighted by Crippen LogP contribution is 2.01. The van der Waals surface area contributed by atoms with Crippen molar-refractivity contribution in [2.75, 3.05) is 32.3 Å². The molecule has 11 heavy (non-hydrogen) atoms. The first-order valence-corrected chi connectivity index (χ1v) is 5.24. The van der Waals surface area contributed by atoms with E-state index in [-0.39, 0.29) is 5.54 Å². The van der Waals surface area contributed by atoms with Crippen LogP contribution in [0.4, 0.5) is 0 Å². The molecule has 0 radical (unpaired) electrons. The molecule has 0 atom stereocenters. The van der Waals surface area contributed by atoms with Crippen LogP contribution in [-0.2, 0) is 4.74 Å². The SMILES string of the molecule is COCC(C)(C)NCCSC. The number of methoxy groups -OCH3 is 1. The van der Waals surface area contributed by atoms with E-state index in [2.05, 4.69) is 25.4 Å². The Morgan fingerprint density at radius 3 is 2.55 bits per heavy atom. The first-order chi connectivity index (χ1) is 5.12. The van der Waals surface area contributed by atoms with E-state index in [1.807, 2.05) is 11.8 Å². The van der Waals surface area contributed by atoms with E-state index in [0.717, 1.165) is 18.9 Å². The second kappa shape index (κ2) is 5.86. The molecule has 0 spiro atoms. The molecule has 0 aliphatic rings. The lowest BCUT2D eigenvalue weighted by Crippen LogP contribution is -2.44. The highest BCUT2D eigenvalue weighted by molar-refractivity contribution is 7.98. The summed E-state index contributed by atoms with van der Waals surface area (Å²) in [6, 6.07) is 0. The molecule has 0 aromatic carbocycles. The molecule has 0 aliphatic carbocycles. The van der Waals surface area contributed by atoms with Crippen LogP contribution < -0.4 is 5.32 Å². The highest BCUT2D eigenvalue weighted by atomic mass is 32.2. The Morgan fingerprint density at radius 1 is 1.45 bits per heavy atom. The molecular weight excluding hydrogens is 158 g/mol. The monoisotopic (exact) mass is 177 g/mol. The molecule has 0 aromatic rings. The maximum Gasteiger partial charge on any atom is 0.0639 e. The highest BCUT2D eigenvalue weighted by Gasteiger charge is 2.15. The smallest absolute Gasteiger partial charge is 0.0639 e. The van der Waals surface area contributed by atoms with Crippen molar-refractivity contribution in [3.63, 3.8) is 0 Å². The van der Waals surface area contributed by atoms with Crippen LogP contribution in [0.5, 0.6) is 0 Å². The molecule has 0 aliphatic heterocycles. The van der Waals surface area contributed by atoms with E-state index in [4.69, 9.17) is 4.74 Å². The summed E-state index contributed by atoms with van der Waals surface area (Å²) < 4.78 is 5.07. The molecule has 68 valence electrons. The van der Waals surface area contributed by atoms with Crippen molar-refractivity contribution in [3.8, 4) is 0 Å². The average molecular weight is 177 g/mol. The van der Waals surface area contributed by atoms with Crippen LogP contribution in [0, 0.1) is 0 Å². The van der Waals surface area contributed by atoms with Gasteiger partial charge in [0.2, 0.25) is 0 Å². The lowest BCUT2D eigenvalue weighted by Gasteiger charge is -2.25. The normalized spacial score (nSPS) is 12.0. The Hall–Kier alpha value is 0.270. The Balaban J connectivity index is 3.38. The van der Waals surface area contributed by atoms with Crippen molar-refractivity contribution in [2.45, 2.75) is 19.4 Å². The van der Waals surface area contributed by atoms with Gasteiger partial charge in [0.25, 0.3) is 0 Å². The van der Waals surface area contributed by atoms with E-state index in [1.165, 1.54) is 0 Å². The third-order valence-corrected chi connectivity index (χ3v) is 2.03. The van der Waals surface area contributed by atoms with Gasteiger partial charge in [0.1, 0.15) is 0 Å². The molecule has 0 heterocycles. The second-order valence-electron chi connectivity index (χ2n) is 3.24. The van der Waals surface area contributed by atoms with Crippen LogP contribution in [0.1, 0.15) is 13.8 Å². The summed E-state index contributed by atoms with van der Waals surface area (Å²) in [6.45, 7) is 6.12. The number of thioether (sulfide) groups is 1. The Kier molecular flexibility index (Phi) is 6.01. The van der Waals surface area contributed by atoms with Gasteiger partial charge >= 0.3 is 0 Å². The zero-order valence-corrected chi connectivity index (χ0v) is 8.75. The predicted molar refractivity (Wildman–Crippen MR) is 52.3 cm³/mol. The molecular formula is C8H19NOS. The molecule has 0 aromatic heterocycles. The van der Waals surface area contributed by atoms with Crippen LogP contribution in [0.25, 0.3) is 0 Å². The maximum atomic E-state index is 5.07. The summed E-state index contributed by atoms with van der Waals surface area (Å²) in [7, 11) is 1.73. The summed E-state index contributed by atoms with van der Waals surface area (Å²) >= 11 is 1.86. The topological polar surface area (TPSA) is 21.3 Å². The molecule has 0 bridgehead atoms. The molecule has 0 rings (SSSR count). The lowest BCUT2D eigenvalue weighted by molar-refractivity contribution is 0.130. The summed E-state index contributed by atoms with van der Waals surface area (Å²) in [4.78, 5) is 0. The fourth-order valence-electron chi connectivity index (χ4n) is 0.903. The third-order valence-electron chi connectivity index (χ3n) is 1.41. The summed E-state index contributed by atoms with van der Waals surface area (Å²) in [5.74, 6) is 1.16. The van der Waals surface area contributed by atoms with Gasteiger partial charge in [0, 0.05) is 24.9 Å². The van der Waals surface area contributed by atoms with Crippen LogP contribution in [0.3, 0.4) is 0 Å². The van der Waals surface area contributed by atoms with E-state index >= 15 is 0 Å². The first kappa shape index (κ1) is 11.3. The van der Waals surface area contributed by atoms with Gasteiger partial charge in [-0.15, -0.1) is 0 Å². The minimum absolute atomic E-state index is 0.116. The molecule has 0 amide bonds. The Bertz CT molecular complexity index is 96.1. The number of hydrogen-bond donors (Lipinski definition) is 1. The predicted octanol–water partition coefficient (Wildman–Crippen LogP) is 1.36. The number of rotatable bonds is 6. The number of nitrogens with one attached hydrogen (secondary N) is 1. The molecule has 0 fully saturated rings. The minimum Gasteiger partial charge on any atom is -0.383 e. The fourth-order valence-corrected chi connectivity index (χ4v) is 1.21. The quantitative estimate of drug-likeness (QED) is 0.619. The van der Waals surface area contributed by atoms with Crippen molar-refractivity contribution in [1.82, 2.24) is 5.32 Å². The Labute approximate surface area is 74.1 Å². The lowest BCUT2D eigenvalue weighted by atomic mass is 10.1. The van der Waals surface area contributed by atoms with Crippen molar-refractivity contribution >= 4 is 11.8 Å². The van der Waals surface area contributed by atoms with Gasteiger partial charge in [-0.1, -0.05) is 0 Å². The summed E-state index contributed by atoms with van der Waals surface area (Å²) in [5, 5.41) is 3.42. The van der Waals surface area contributed by atoms with Crippen molar-refractivity contribution in [3.05, 3.63) is 0 Å². The van der Waals surface area contributed by atoms with Crippen LogP contribution in [-0.4, -0.2) is 37.8 Å². The maximum absolute atomic E-state index is 5.07. The minimum atomic E-state index is 0.116. The zero-order valence-electron chi connectivity index (χ0n) is 7.94. The van der Waals surface area contributed by atoms with Crippen molar-refractivity contribution in [2.24, 2.45) is 0 Å². The van der Waals surface area contributed by atoms with Crippen LogP contribution in [0.2, 0.25) is 0 Å². The summed E-state index contributed by atoms with van der Waals surface area (Å²) in [5.41, 5.74) is 0.116. The van der Waals surface area contributed by atoms with Gasteiger partial charge in [-0.2, -0.15) is 11.8 Å². The number of hydrogen-bond acceptors (Lipinski definition) is 3. The van der Waals surface area contributed by atoms with Crippen LogP contribution >= 0.6 is 11.8 Å². The molecule has 0 saturated heterocycles. The van der Waals surface area contributed by atoms with Gasteiger partial charge in [-0.05, 0) is 20.1 Å². The van der Waals surface area contributed by atoms with Gasteiger partial charge in [-0.25, -0.2) is 0 Å². The van der Waals surface area contributed by atoms with Crippen molar-refractivity contribution < 1.29 is 4.74 Å². The standard InChI is InChI=1S/C8H19NOS/c1-8(2,7-10-3)9-5-6-11-4/h9H,5-7H2,1-4H3. The molecule has 2 nitrogen and oxygen atoms in total. The average Bonchev–Trinajstić information content (AvgIpc) is 1.87. The molecule has 1 N–H and O–H groups in total. The van der Waals surface area contributed by atoms with Crippen molar-refractivity contribution in [1.29, 1.82) is 0 Å². The van der Waals surface area contributed by atoms with E-state index in [1.54, 1.807) is 7.11 Å². The van der Waals surface area contributed by atoms with Gasteiger partial charge in [0.15, 0.2) is 0 Å². The first-order valence-electron chi connectivity index (χ1n) is 3.85. The van der Waals surface area contributed by atoms with Gasteiger partial charge < -0.3 is 10.1 Å². The molecule has 0 saturated carbocycles. The molecule has 0 unspecified atom stereocenters. The summed E-state index contributed by atoms with van der Waals surface area (Å²) in [6.07, 6.45) is 2.12. The van der Waals surface area contributed by atoms with E-state index in [0.29, 0.717) is 0 Å². The number of ether oxygens (including phenoxy) is 1. The van der Waals surface area contributed by atoms with Gasteiger partial charge in [-0.3, -0.25) is 0 Å². The second-order valence-corrected chi connectivity index (χ2v) is 4.22. The fraction of sp³-hybridized carbons (Fsp3) is 1.00. The van der Waals surface area contributed by atoms with E-state index in [9.17, 15) is 0 Å². The van der Waals surface area contributed by atoms with Crippen LogP contribution in [0.15, 0.2) is 0 Å². The Morgan fingerprint density at radius 2 is 2.09 bits per heavy atom. The third kappa shape index (κ3) is 6.66. The zero-order chi connectivity index (χ0) is 8.74. The van der Waals surface area contributed by atoms with E-state index < -0.39 is 0 Å². The largest absolute Gasteiger partial charge is 0.383 e. The van der Waals surface area contributed by atoms with Gasteiger partial charge in [0.05, 0.1) is 6.61 Å². The molecule has 3 heteroatoms.